The van der Waals surface area contributed by atoms with Crippen LogP contribution in [-0.2, 0) is 13.6 Å². The fraction of sp³-hybridized carbons (Fsp3) is 0.417. The molecular formula is C12H17N5OS. The molecule has 0 unspecified atom stereocenters. The van der Waals surface area contributed by atoms with Crippen molar-refractivity contribution in [3.63, 3.8) is 0 Å². The summed E-state index contributed by atoms with van der Waals surface area (Å²) in [4.78, 5) is 16.7. The minimum Gasteiger partial charge on any atom is -0.375 e. The second-order valence-corrected chi connectivity index (χ2v) is 5.45. The van der Waals surface area contributed by atoms with Crippen LogP contribution in [0, 0.1) is 20.8 Å². The van der Waals surface area contributed by atoms with Crippen LogP contribution in [0.1, 0.15) is 32.3 Å². The van der Waals surface area contributed by atoms with Gasteiger partial charge in [-0.05, 0) is 20.8 Å². The number of carbonyl (C=O) groups excluding carboxylic acids is 1. The molecular weight excluding hydrogens is 262 g/mol. The minimum absolute atomic E-state index is 0.144. The maximum atomic E-state index is 12.1. The van der Waals surface area contributed by atoms with Gasteiger partial charge in [0.25, 0.3) is 5.91 Å². The van der Waals surface area contributed by atoms with Crippen LogP contribution < -0.4 is 11.1 Å². The lowest BCUT2D eigenvalue weighted by Gasteiger charge is -2.04. The van der Waals surface area contributed by atoms with Crippen LogP contribution in [0.5, 0.6) is 0 Å². The highest BCUT2D eigenvalue weighted by Crippen LogP contribution is 2.19. The molecule has 3 N–H and O–H groups in total. The molecule has 0 radical (unpaired) electrons. The lowest BCUT2D eigenvalue weighted by molar-refractivity contribution is 0.0954. The average Bonchev–Trinajstić information content (AvgIpc) is 2.78. The summed E-state index contributed by atoms with van der Waals surface area (Å²) < 4.78 is 1.81. The van der Waals surface area contributed by atoms with E-state index < -0.39 is 0 Å². The molecule has 0 fully saturated rings. The largest absolute Gasteiger partial charge is 0.375 e. The van der Waals surface area contributed by atoms with E-state index in [1.807, 2.05) is 25.6 Å². The second-order valence-electron chi connectivity index (χ2n) is 4.42. The van der Waals surface area contributed by atoms with E-state index >= 15 is 0 Å². The van der Waals surface area contributed by atoms with Gasteiger partial charge in [-0.1, -0.05) is 11.3 Å². The first-order valence-corrected chi connectivity index (χ1v) is 6.72. The number of nitrogens with two attached hydrogens (primary N) is 1. The molecule has 0 spiro atoms. The molecule has 0 aliphatic carbocycles. The van der Waals surface area contributed by atoms with Crippen LogP contribution in [-0.4, -0.2) is 20.7 Å². The maximum absolute atomic E-state index is 12.1. The Morgan fingerprint density at radius 1 is 1.37 bits per heavy atom. The lowest BCUT2D eigenvalue weighted by atomic mass is 10.2. The molecule has 7 heteroatoms. The normalized spacial score (nSPS) is 10.7. The number of nitrogens with one attached hydrogen (secondary N) is 1. The zero-order valence-electron chi connectivity index (χ0n) is 11.4. The molecule has 0 aliphatic rings. The Balaban J connectivity index is 2.11. The van der Waals surface area contributed by atoms with Crippen molar-refractivity contribution >= 4 is 22.4 Å². The van der Waals surface area contributed by atoms with Gasteiger partial charge in [-0.2, -0.15) is 5.10 Å². The highest BCUT2D eigenvalue weighted by atomic mass is 32.1. The van der Waals surface area contributed by atoms with Crippen LogP contribution in [0.4, 0.5) is 5.13 Å². The van der Waals surface area contributed by atoms with Gasteiger partial charge in [0.15, 0.2) is 5.13 Å². The van der Waals surface area contributed by atoms with Crippen molar-refractivity contribution < 1.29 is 4.79 Å². The zero-order valence-corrected chi connectivity index (χ0v) is 12.3. The fourth-order valence-corrected chi connectivity index (χ4v) is 2.70. The van der Waals surface area contributed by atoms with Crippen molar-refractivity contribution in [2.75, 3.05) is 5.73 Å². The Bertz CT molecular complexity index is 628. The molecule has 0 saturated heterocycles. The Labute approximate surface area is 115 Å². The fourth-order valence-electron chi connectivity index (χ4n) is 1.95. The molecule has 0 aliphatic heterocycles. The molecule has 0 aromatic carbocycles. The maximum Gasteiger partial charge on any atom is 0.263 e. The van der Waals surface area contributed by atoms with Crippen LogP contribution in [0.15, 0.2) is 0 Å². The van der Waals surface area contributed by atoms with Gasteiger partial charge in [0.1, 0.15) is 4.88 Å². The average molecular weight is 279 g/mol. The smallest absolute Gasteiger partial charge is 0.263 e. The third-order valence-electron chi connectivity index (χ3n) is 3.10. The lowest BCUT2D eigenvalue weighted by Crippen LogP contribution is -2.23. The van der Waals surface area contributed by atoms with Gasteiger partial charge >= 0.3 is 0 Å². The summed E-state index contributed by atoms with van der Waals surface area (Å²) in [5.74, 6) is -0.144. The SMILES string of the molecule is Cc1nc(N)sc1C(=O)NCc1c(C)nn(C)c1C. The molecule has 6 nitrogen and oxygen atoms in total. The number of carbonyl (C=O) groups is 1. The standard InChI is InChI=1S/C12H17N5OS/c1-6-9(8(3)17(4)16-6)5-14-11(18)10-7(2)15-12(13)19-10/h5H2,1-4H3,(H2,13,15)(H,14,18). The van der Waals surface area contributed by atoms with Crippen LogP contribution in [0.25, 0.3) is 0 Å². The van der Waals surface area contributed by atoms with Crippen molar-refractivity contribution in [3.8, 4) is 0 Å². The first kappa shape index (κ1) is 13.5. The Morgan fingerprint density at radius 2 is 2.05 bits per heavy atom. The number of aryl methyl sites for hydroxylation is 3. The third-order valence-corrected chi connectivity index (χ3v) is 4.09. The minimum atomic E-state index is -0.144. The summed E-state index contributed by atoms with van der Waals surface area (Å²) >= 11 is 1.20. The van der Waals surface area contributed by atoms with Crippen molar-refractivity contribution in [1.82, 2.24) is 20.1 Å². The van der Waals surface area contributed by atoms with E-state index in [2.05, 4.69) is 15.4 Å². The predicted molar refractivity (Wildman–Crippen MR) is 75.1 cm³/mol. The molecule has 2 aromatic heterocycles. The van der Waals surface area contributed by atoms with E-state index in [1.165, 1.54) is 11.3 Å². The van der Waals surface area contributed by atoms with Crippen LogP contribution >= 0.6 is 11.3 Å². The molecule has 102 valence electrons. The number of nitrogens with zero attached hydrogens (tertiary/aromatic N) is 3. The predicted octanol–water partition coefficient (Wildman–Crippen LogP) is 1.31. The molecule has 2 rings (SSSR count). The molecule has 2 aromatic rings. The first-order valence-electron chi connectivity index (χ1n) is 5.90. The zero-order chi connectivity index (χ0) is 14.2. The molecule has 2 heterocycles. The van der Waals surface area contributed by atoms with Crippen molar-refractivity contribution in [3.05, 3.63) is 27.5 Å². The highest BCUT2D eigenvalue weighted by Gasteiger charge is 2.15. The number of amides is 1. The molecule has 19 heavy (non-hydrogen) atoms. The number of anilines is 1. The number of hydrogen-bond acceptors (Lipinski definition) is 5. The van der Waals surface area contributed by atoms with E-state index in [9.17, 15) is 4.79 Å². The third kappa shape index (κ3) is 2.60. The quantitative estimate of drug-likeness (QED) is 0.887. The summed E-state index contributed by atoms with van der Waals surface area (Å²) in [5, 5.41) is 7.62. The Kier molecular flexibility index (Phi) is 3.57. The van der Waals surface area contributed by atoms with Gasteiger partial charge in [0.05, 0.1) is 11.4 Å². The van der Waals surface area contributed by atoms with Gasteiger partial charge in [0, 0.05) is 24.8 Å². The van der Waals surface area contributed by atoms with Gasteiger partial charge in [-0.3, -0.25) is 9.48 Å². The van der Waals surface area contributed by atoms with Crippen molar-refractivity contribution in [2.24, 2.45) is 7.05 Å². The van der Waals surface area contributed by atoms with Gasteiger partial charge in [0.2, 0.25) is 0 Å². The van der Waals surface area contributed by atoms with E-state index in [1.54, 1.807) is 6.92 Å². The molecule has 1 amide bonds. The second kappa shape index (κ2) is 5.00. The van der Waals surface area contributed by atoms with Crippen molar-refractivity contribution in [1.29, 1.82) is 0 Å². The van der Waals surface area contributed by atoms with E-state index in [-0.39, 0.29) is 5.91 Å². The molecule has 0 atom stereocenters. The van der Waals surface area contributed by atoms with Crippen molar-refractivity contribution in [2.45, 2.75) is 27.3 Å². The topological polar surface area (TPSA) is 85.8 Å². The Hall–Kier alpha value is -1.89. The summed E-state index contributed by atoms with van der Waals surface area (Å²) in [7, 11) is 1.89. The number of aromatic nitrogens is 3. The van der Waals surface area contributed by atoms with E-state index in [4.69, 9.17) is 5.73 Å². The number of thiazole rings is 1. The van der Waals surface area contributed by atoms with E-state index in [0.29, 0.717) is 22.2 Å². The molecule has 0 bridgehead atoms. The number of nitrogen functional groups attached to an aromatic ring is 1. The molecule has 0 saturated carbocycles. The van der Waals surface area contributed by atoms with E-state index in [0.717, 1.165) is 17.0 Å². The number of hydrogen-bond donors (Lipinski definition) is 2. The summed E-state index contributed by atoms with van der Waals surface area (Å²) in [6, 6.07) is 0. The highest BCUT2D eigenvalue weighted by molar-refractivity contribution is 7.17. The summed E-state index contributed by atoms with van der Waals surface area (Å²) in [5.41, 5.74) is 9.29. The van der Waals surface area contributed by atoms with Gasteiger partial charge < -0.3 is 11.1 Å². The van der Waals surface area contributed by atoms with Gasteiger partial charge in [-0.15, -0.1) is 0 Å². The monoisotopic (exact) mass is 279 g/mol. The van der Waals surface area contributed by atoms with Crippen LogP contribution in [0.3, 0.4) is 0 Å². The summed E-state index contributed by atoms with van der Waals surface area (Å²) in [6.07, 6.45) is 0. The summed E-state index contributed by atoms with van der Waals surface area (Å²) in [6.45, 7) is 6.16. The van der Waals surface area contributed by atoms with Gasteiger partial charge in [-0.25, -0.2) is 4.98 Å². The Morgan fingerprint density at radius 3 is 2.53 bits per heavy atom. The number of rotatable bonds is 3. The first-order chi connectivity index (χ1) is 8.90. The van der Waals surface area contributed by atoms with Crippen LogP contribution in [0.2, 0.25) is 0 Å².